The van der Waals surface area contributed by atoms with E-state index in [1.165, 1.54) is 18.2 Å². The lowest BCUT2D eigenvalue weighted by Crippen LogP contribution is -2.46. The van der Waals surface area contributed by atoms with Crippen LogP contribution in [0.25, 0.3) is 12.0 Å². The normalized spacial score (nSPS) is 15.1. The molecule has 4 rings (SSSR count). The van der Waals surface area contributed by atoms with Crippen LogP contribution in [0.2, 0.25) is 5.15 Å². The predicted molar refractivity (Wildman–Crippen MR) is 122 cm³/mol. The van der Waals surface area contributed by atoms with Crippen LogP contribution >= 0.6 is 11.6 Å². The van der Waals surface area contributed by atoms with Gasteiger partial charge in [-0.2, -0.15) is 15.1 Å². The van der Waals surface area contributed by atoms with Gasteiger partial charge in [0.1, 0.15) is 22.6 Å². The van der Waals surface area contributed by atoms with E-state index in [-0.39, 0.29) is 11.0 Å². The summed E-state index contributed by atoms with van der Waals surface area (Å²) in [6.07, 6.45) is 6.63. The zero-order valence-corrected chi connectivity index (χ0v) is 18.4. The monoisotopic (exact) mass is 459 g/mol. The number of nitrogen functional groups attached to an aromatic ring is 1. The van der Waals surface area contributed by atoms with Crippen LogP contribution in [0.1, 0.15) is 18.2 Å². The average molecular weight is 460 g/mol. The second kappa shape index (κ2) is 9.62. The van der Waals surface area contributed by atoms with Crippen molar-refractivity contribution < 1.29 is 8.78 Å². The van der Waals surface area contributed by atoms with Gasteiger partial charge in [0, 0.05) is 56.1 Å². The Labute approximate surface area is 190 Å². The molecule has 0 bridgehead atoms. The van der Waals surface area contributed by atoms with Crippen molar-refractivity contribution in [2.24, 2.45) is 0 Å². The van der Waals surface area contributed by atoms with Crippen molar-refractivity contribution in [3.05, 3.63) is 64.6 Å². The average Bonchev–Trinajstić information content (AvgIpc) is 3.16. The number of hydrogen-bond donors (Lipinski definition) is 1. The van der Waals surface area contributed by atoms with Gasteiger partial charge in [0.25, 0.3) is 5.95 Å². The first-order valence-electron chi connectivity index (χ1n) is 10.4. The van der Waals surface area contributed by atoms with Crippen molar-refractivity contribution in [1.29, 1.82) is 0 Å². The molecule has 1 aromatic carbocycles. The third-order valence-corrected chi connectivity index (χ3v) is 5.57. The molecule has 1 aliphatic rings. The first-order chi connectivity index (χ1) is 15.4. The molecule has 2 N–H and O–H groups in total. The Morgan fingerprint density at radius 1 is 1.06 bits per heavy atom. The summed E-state index contributed by atoms with van der Waals surface area (Å²) >= 11 is 6.00. The fraction of sp³-hybridized carbons (Fsp3) is 0.318. The maximum atomic E-state index is 13.5. The maximum Gasteiger partial charge on any atom is 0.254 e. The Hall–Kier alpha value is -3.04. The van der Waals surface area contributed by atoms with Gasteiger partial charge in [-0.25, -0.2) is 13.5 Å². The van der Waals surface area contributed by atoms with Gasteiger partial charge in [0.05, 0.1) is 11.9 Å². The number of hydrogen-bond acceptors (Lipinski definition) is 6. The minimum Gasteiger partial charge on any atom is -0.383 e. The third-order valence-electron chi connectivity index (χ3n) is 5.37. The largest absolute Gasteiger partial charge is 0.383 e. The summed E-state index contributed by atoms with van der Waals surface area (Å²) in [6, 6.07) is 5.13. The highest BCUT2D eigenvalue weighted by Crippen LogP contribution is 2.20. The summed E-state index contributed by atoms with van der Waals surface area (Å²) in [5, 5.41) is 4.67. The molecule has 0 saturated carbocycles. The molecule has 1 aliphatic heterocycles. The van der Waals surface area contributed by atoms with E-state index in [4.69, 9.17) is 17.3 Å². The van der Waals surface area contributed by atoms with Crippen molar-refractivity contribution in [3.63, 3.8) is 0 Å². The second-order valence-corrected chi connectivity index (χ2v) is 7.93. The zero-order chi connectivity index (χ0) is 22.7. The lowest BCUT2D eigenvalue weighted by molar-refractivity contribution is 0.284. The molecular weight excluding hydrogens is 436 g/mol. The van der Waals surface area contributed by atoms with Crippen molar-refractivity contribution >= 4 is 29.2 Å². The van der Waals surface area contributed by atoms with Gasteiger partial charge >= 0.3 is 0 Å². The highest BCUT2D eigenvalue weighted by atomic mass is 35.5. The van der Waals surface area contributed by atoms with E-state index in [0.717, 1.165) is 43.4 Å². The first kappa shape index (κ1) is 22.2. The predicted octanol–water partition coefficient (Wildman–Crippen LogP) is 3.57. The summed E-state index contributed by atoms with van der Waals surface area (Å²) < 4.78 is 28.6. The summed E-state index contributed by atoms with van der Waals surface area (Å²) in [4.78, 5) is 12.7. The molecule has 2 aromatic heterocycles. The van der Waals surface area contributed by atoms with Gasteiger partial charge in [0.15, 0.2) is 0 Å². The van der Waals surface area contributed by atoms with Gasteiger partial charge in [-0.05, 0) is 18.6 Å². The molecule has 0 aliphatic carbocycles. The van der Waals surface area contributed by atoms with Gasteiger partial charge in [-0.1, -0.05) is 30.7 Å². The Morgan fingerprint density at radius 2 is 1.78 bits per heavy atom. The number of anilines is 2. The summed E-state index contributed by atoms with van der Waals surface area (Å²) in [7, 11) is 0. The summed E-state index contributed by atoms with van der Waals surface area (Å²) in [5.41, 5.74) is 8.30. The summed E-state index contributed by atoms with van der Waals surface area (Å²) in [6.45, 7) is 5.83. The standard InChI is InChI=1S/C22H24ClF2N7/c1-2-19-15(14-27-32(19)22-28-20(23)13-21(26)29-22)4-3-5-30-6-8-31(9-7-30)18-11-16(24)10-17(25)12-18/h3-4,10-14H,2,5-9H2,1H3,(H2,26,28,29)/b4-3+. The lowest BCUT2D eigenvalue weighted by Gasteiger charge is -2.35. The van der Waals surface area contributed by atoms with Gasteiger partial charge < -0.3 is 10.6 Å². The Morgan fingerprint density at radius 3 is 2.44 bits per heavy atom. The Balaban J connectivity index is 1.38. The highest BCUT2D eigenvalue weighted by molar-refractivity contribution is 6.29. The van der Waals surface area contributed by atoms with Crippen molar-refractivity contribution in [2.45, 2.75) is 13.3 Å². The van der Waals surface area contributed by atoms with E-state index in [2.05, 4.69) is 26.0 Å². The number of nitrogens with zero attached hydrogens (tertiary/aromatic N) is 6. The van der Waals surface area contributed by atoms with Crippen LogP contribution in [-0.4, -0.2) is 57.4 Å². The zero-order valence-electron chi connectivity index (χ0n) is 17.7. The van der Waals surface area contributed by atoms with E-state index in [1.54, 1.807) is 10.9 Å². The molecule has 0 spiro atoms. The van der Waals surface area contributed by atoms with E-state index >= 15 is 0 Å². The van der Waals surface area contributed by atoms with E-state index in [0.29, 0.717) is 24.7 Å². The SMILES string of the molecule is CCc1c(/C=C/CN2CCN(c3cc(F)cc(F)c3)CC2)cnn1-c1nc(N)cc(Cl)n1. The van der Waals surface area contributed by atoms with Gasteiger partial charge in [-0.15, -0.1) is 0 Å². The van der Waals surface area contributed by atoms with E-state index in [9.17, 15) is 8.78 Å². The first-order valence-corrected chi connectivity index (χ1v) is 10.8. The molecular formula is C22H24ClF2N7. The third kappa shape index (κ3) is 5.05. The number of benzene rings is 1. The minimum atomic E-state index is -0.552. The van der Waals surface area contributed by atoms with Crippen molar-refractivity contribution in [1.82, 2.24) is 24.6 Å². The maximum absolute atomic E-state index is 13.5. The van der Waals surface area contributed by atoms with Crippen LogP contribution in [0.4, 0.5) is 20.3 Å². The molecule has 0 radical (unpaired) electrons. The molecule has 3 heterocycles. The molecule has 168 valence electrons. The van der Waals surface area contributed by atoms with Crippen LogP contribution in [-0.2, 0) is 6.42 Å². The fourth-order valence-electron chi connectivity index (χ4n) is 3.81. The van der Waals surface area contributed by atoms with Crippen LogP contribution < -0.4 is 10.6 Å². The molecule has 3 aromatic rings. The quantitative estimate of drug-likeness (QED) is 0.568. The minimum absolute atomic E-state index is 0.266. The summed E-state index contributed by atoms with van der Waals surface area (Å²) in [5.74, 6) is -0.474. The number of rotatable bonds is 6. The fourth-order valence-corrected chi connectivity index (χ4v) is 4.00. The second-order valence-electron chi connectivity index (χ2n) is 7.55. The Bertz CT molecular complexity index is 1080. The topological polar surface area (TPSA) is 76.1 Å². The number of halogens is 3. The lowest BCUT2D eigenvalue weighted by atomic mass is 10.2. The molecule has 0 atom stereocenters. The van der Waals surface area contributed by atoms with Gasteiger partial charge in [0.2, 0.25) is 0 Å². The molecule has 0 unspecified atom stereocenters. The molecule has 7 nitrogen and oxygen atoms in total. The number of aromatic nitrogens is 4. The highest BCUT2D eigenvalue weighted by Gasteiger charge is 2.18. The number of piperazine rings is 1. The van der Waals surface area contributed by atoms with E-state index < -0.39 is 11.6 Å². The van der Waals surface area contributed by atoms with Crippen LogP contribution in [0.15, 0.2) is 36.5 Å². The molecule has 10 heteroatoms. The molecule has 0 amide bonds. The van der Waals surface area contributed by atoms with Crippen LogP contribution in [0, 0.1) is 11.6 Å². The molecule has 1 fully saturated rings. The number of nitrogens with two attached hydrogens (primary N) is 1. The van der Waals surface area contributed by atoms with Crippen LogP contribution in [0.5, 0.6) is 0 Å². The van der Waals surface area contributed by atoms with Crippen molar-refractivity contribution in [3.8, 4) is 5.95 Å². The van der Waals surface area contributed by atoms with Crippen LogP contribution in [0.3, 0.4) is 0 Å². The smallest absolute Gasteiger partial charge is 0.254 e. The molecule has 32 heavy (non-hydrogen) atoms. The molecule has 1 saturated heterocycles. The van der Waals surface area contributed by atoms with Gasteiger partial charge in [-0.3, -0.25) is 4.90 Å². The van der Waals surface area contributed by atoms with Crippen molar-refractivity contribution in [2.75, 3.05) is 43.4 Å². The van der Waals surface area contributed by atoms with E-state index in [1.807, 2.05) is 17.9 Å². The Kier molecular flexibility index (Phi) is 6.66.